The van der Waals surface area contributed by atoms with E-state index in [9.17, 15) is 24.3 Å². The van der Waals surface area contributed by atoms with Crippen LogP contribution < -0.4 is 0 Å². The number of ether oxygens (including phenoxy) is 3. The van der Waals surface area contributed by atoms with E-state index in [1.54, 1.807) is 74.5 Å². The number of Topliss-reactive ketones (excluding diaryl/α,β-unsaturated/α-hetero) is 1. The summed E-state index contributed by atoms with van der Waals surface area (Å²) in [5, 5.41) is 12.3. The van der Waals surface area contributed by atoms with E-state index in [1.807, 2.05) is 6.08 Å². The molecule has 2 aromatic carbocycles. The summed E-state index contributed by atoms with van der Waals surface area (Å²) in [7, 11) is 0. The van der Waals surface area contributed by atoms with Gasteiger partial charge in [0.1, 0.15) is 23.9 Å². The Morgan fingerprint density at radius 1 is 0.909 bits per heavy atom. The number of benzene rings is 2. The van der Waals surface area contributed by atoms with Crippen molar-refractivity contribution < 1.29 is 38.5 Å². The van der Waals surface area contributed by atoms with Gasteiger partial charge in [-0.2, -0.15) is 0 Å². The van der Waals surface area contributed by atoms with E-state index < -0.39 is 59.4 Å². The van der Waals surface area contributed by atoms with Crippen LogP contribution in [0, 0.1) is 29.1 Å². The first-order chi connectivity index (χ1) is 20.8. The summed E-state index contributed by atoms with van der Waals surface area (Å²) in [6.45, 7) is 13.1. The Labute approximate surface area is 258 Å². The van der Waals surface area contributed by atoms with Crippen molar-refractivity contribution in [2.45, 2.75) is 71.4 Å². The Kier molecular flexibility index (Phi) is 8.42. The van der Waals surface area contributed by atoms with Crippen molar-refractivity contribution in [1.82, 2.24) is 0 Å². The van der Waals surface area contributed by atoms with Gasteiger partial charge in [-0.3, -0.25) is 9.59 Å². The standard InChI is InChI=1S/C36H40O8/c1-20-17-26-27(35(26,5)6)18-28(43-33(39)24-13-9-7-10-14-24)22(3)31(42-23(4)37)29-30(21(2)19-36(29,41)32(20)38)44-34(40)25-15-11-8-12-16-25/h7-17,21,26-31,41H,3,18-19H2,1-2,4-6H3/b20-17-/t21-,26+,27-,28-,29+,30-,31-,36+/m0/s1. The van der Waals surface area contributed by atoms with Crippen LogP contribution in [0.2, 0.25) is 0 Å². The number of carbonyl (C=O) groups is 4. The molecule has 5 rings (SSSR count). The Morgan fingerprint density at radius 3 is 2.00 bits per heavy atom. The van der Waals surface area contributed by atoms with Gasteiger partial charge in [-0.25, -0.2) is 9.59 Å². The molecule has 2 aromatic rings. The Balaban J connectivity index is 1.61. The van der Waals surface area contributed by atoms with Gasteiger partial charge in [0.25, 0.3) is 0 Å². The molecule has 8 heteroatoms. The molecule has 44 heavy (non-hydrogen) atoms. The quantitative estimate of drug-likeness (QED) is 0.272. The molecule has 0 heterocycles. The maximum absolute atomic E-state index is 14.2. The van der Waals surface area contributed by atoms with Crippen molar-refractivity contribution in [3.63, 3.8) is 0 Å². The summed E-state index contributed by atoms with van der Waals surface area (Å²) in [5.74, 6) is -4.11. The Morgan fingerprint density at radius 2 is 1.45 bits per heavy atom. The number of ketones is 1. The van der Waals surface area contributed by atoms with Crippen LogP contribution in [-0.2, 0) is 23.8 Å². The van der Waals surface area contributed by atoms with Crippen LogP contribution in [0.25, 0.3) is 0 Å². The lowest BCUT2D eigenvalue weighted by Gasteiger charge is -2.39. The third-order valence-electron chi connectivity index (χ3n) is 9.80. The lowest BCUT2D eigenvalue weighted by Crippen LogP contribution is -2.53. The fourth-order valence-corrected chi connectivity index (χ4v) is 7.26. The lowest BCUT2D eigenvalue weighted by atomic mass is 9.76. The molecular weight excluding hydrogens is 560 g/mol. The maximum atomic E-state index is 14.2. The van der Waals surface area contributed by atoms with Gasteiger partial charge in [0, 0.05) is 12.5 Å². The Hall–Kier alpha value is -4.04. The first-order valence-corrected chi connectivity index (χ1v) is 15.1. The highest BCUT2D eigenvalue weighted by Gasteiger charge is 2.64. The third kappa shape index (κ3) is 5.75. The van der Waals surface area contributed by atoms with Gasteiger partial charge in [0.15, 0.2) is 5.78 Å². The van der Waals surface area contributed by atoms with Gasteiger partial charge in [-0.15, -0.1) is 0 Å². The normalized spacial score (nSPS) is 33.9. The first-order valence-electron chi connectivity index (χ1n) is 15.1. The molecule has 3 aliphatic rings. The number of rotatable bonds is 5. The number of aliphatic hydroxyl groups is 1. The van der Waals surface area contributed by atoms with Gasteiger partial charge in [-0.1, -0.05) is 69.8 Å². The predicted octanol–water partition coefficient (Wildman–Crippen LogP) is 5.50. The second-order valence-corrected chi connectivity index (χ2v) is 13.1. The highest BCUT2D eigenvalue weighted by Crippen LogP contribution is 2.62. The highest BCUT2D eigenvalue weighted by atomic mass is 16.6. The molecule has 232 valence electrons. The van der Waals surface area contributed by atoms with Crippen LogP contribution in [0.15, 0.2) is 84.5 Å². The average Bonchev–Trinajstić information content (AvgIpc) is 3.38. The molecule has 2 saturated carbocycles. The fraction of sp³-hybridized carbons (Fsp3) is 0.444. The molecule has 0 spiro atoms. The number of hydrogen-bond donors (Lipinski definition) is 1. The van der Waals surface area contributed by atoms with Crippen molar-refractivity contribution in [1.29, 1.82) is 0 Å². The van der Waals surface area contributed by atoms with E-state index in [2.05, 4.69) is 20.4 Å². The SMILES string of the molecule is C=C1[C@@H](OC(=O)c2ccccc2)C[C@H]2[C@@H](/C=C(/C)C(=O)[C@@]3(O)C[C@H](C)[C@H](OC(=O)c4ccccc4)[C@@H]3[C@H]1OC(C)=O)C2(C)C. The van der Waals surface area contributed by atoms with Gasteiger partial charge in [0.05, 0.1) is 17.0 Å². The summed E-state index contributed by atoms with van der Waals surface area (Å²) in [6.07, 6.45) is -1.04. The molecular formula is C36H40O8. The molecule has 0 amide bonds. The molecule has 1 N–H and O–H groups in total. The van der Waals surface area contributed by atoms with E-state index in [0.717, 1.165) is 0 Å². The highest BCUT2D eigenvalue weighted by molar-refractivity contribution is 6.02. The van der Waals surface area contributed by atoms with Crippen LogP contribution in [0.3, 0.4) is 0 Å². The number of fused-ring (bicyclic) bond motifs is 2. The van der Waals surface area contributed by atoms with E-state index >= 15 is 0 Å². The predicted molar refractivity (Wildman–Crippen MR) is 162 cm³/mol. The van der Waals surface area contributed by atoms with Crippen LogP contribution >= 0.6 is 0 Å². The lowest BCUT2D eigenvalue weighted by molar-refractivity contribution is -0.162. The van der Waals surface area contributed by atoms with Crippen LogP contribution in [0.1, 0.15) is 68.2 Å². The van der Waals surface area contributed by atoms with Gasteiger partial charge < -0.3 is 19.3 Å². The van der Waals surface area contributed by atoms with Crippen molar-refractivity contribution in [2.75, 3.05) is 0 Å². The molecule has 0 unspecified atom stereocenters. The van der Waals surface area contributed by atoms with E-state index in [1.165, 1.54) is 6.92 Å². The van der Waals surface area contributed by atoms with Crippen molar-refractivity contribution >= 4 is 23.7 Å². The second kappa shape index (κ2) is 11.8. The van der Waals surface area contributed by atoms with Gasteiger partial charge in [0.2, 0.25) is 0 Å². The van der Waals surface area contributed by atoms with Crippen LogP contribution in [0.4, 0.5) is 0 Å². The van der Waals surface area contributed by atoms with Crippen LogP contribution in [-0.4, -0.2) is 52.7 Å². The molecule has 2 fully saturated rings. The summed E-state index contributed by atoms with van der Waals surface area (Å²) in [6, 6.07) is 16.9. The second-order valence-electron chi connectivity index (χ2n) is 13.1. The molecule has 0 aliphatic heterocycles. The Bertz CT molecular complexity index is 1490. The molecule has 0 bridgehead atoms. The topological polar surface area (TPSA) is 116 Å². The minimum absolute atomic E-state index is 0.0185. The minimum Gasteiger partial charge on any atom is -0.458 e. The van der Waals surface area contributed by atoms with E-state index in [4.69, 9.17) is 14.2 Å². The minimum atomic E-state index is -2.06. The molecule has 8 nitrogen and oxygen atoms in total. The van der Waals surface area contributed by atoms with Crippen molar-refractivity contribution in [3.05, 3.63) is 95.6 Å². The maximum Gasteiger partial charge on any atom is 0.338 e. The zero-order chi connectivity index (χ0) is 32.0. The molecule has 0 saturated heterocycles. The summed E-state index contributed by atoms with van der Waals surface area (Å²) < 4.78 is 18.0. The first kappa shape index (κ1) is 31.4. The molecule has 8 atom stereocenters. The van der Waals surface area contributed by atoms with Gasteiger partial charge >= 0.3 is 17.9 Å². The van der Waals surface area contributed by atoms with Gasteiger partial charge in [-0.05, 0) is 72.8 Å². The van der Waals surface area contributed by atoms with E-state index in [-0.39, 0.29) is 29.2 Å². The van der Waals surface area contributed by atoms with Crippen molar-refractivity contribution in [3.8, 4) is 0 Å². The van der Waals surface area contributed by atoms with E-state index in [0.29, 0.717) is 23.1 Å². The zero-order valence-corrected chi connectivity index (χ0v) is 25.8. The largest absolute Gasteiger partial charge is 0.458 e. The summed E-state index contributed by atoms with van der Waals surface area (Å²) in [5.41, 5.74) is -1.03. The van der Waals surface area contributed by atoms with Crippen LogP contribution in [0.5, 0.6) is 0 Å². The molecule has 0 radical (unpaired) electrons. The third-order valence-corrected chi connectivity index (χ3v) is 9.80. The summed E-state index contributed by atoms with van der Waals surface area (Å²) in [4.78, 5) is 53.4. The average molecular weight is 601 g/mol. The smallest absolute Gasteiger partial charge is 0.338 e. The van der Waals surface area contributed by atoms with Crippen molar-refractivity contribution in [2.24, 2.45) is 29.1 Å². The number of allylic oxidation sites excluding steroid dienone is 1. The zero-order valence-electron chi connectivity index (χ0n) is 25.8. The summed E-state index contributed by atoms with van der Waals surface area (Å²) >= 11 is 0. The number of carbonyl (C=O) groups excluding carboxylic acids is 4. The number of hydrogen-bond acceptors (Lipinski definition) is 8. The molecule has 0 aromatic heterocycles. The number of esters is 3. The monoisotopic (exact) mass is 600 g/mol. The fourth-order valence-electron chi connectivity index (χ4n) is 7.26. The molecule has 3 aliphatic carbocycles.